The second-order valence-electron chi connectivity index (χ2n) is 3.40. The van der Waals surface area contributed by atoms with E-state index in [1.807, 2.05) is 0 Å². The van der Waals surface area contributed by atoms with Gasteiger partial charge in [0.1, 0.15) is 0 Å². The van der Waals surface area contributed by atoms with Crippen molar-refractivity contribution in [3.63, 3.8) is 0 Å². The zero-order valence-electron chi connectivity index (χ0n) is 10.3. The molecule has 0 fully saturated rings. The van der Waals surface area contributed by atoms with Crippen LogP contribution in [0.3, 0.4) is 0 Å². The van der Waals surface area contributed by atoms with Crippen LogP contribution in [-0.2, 0) is 0 Å². The smallest absolute Gasteiger partial charge is 1.00 e. The Hall–Kier alpha value is 0.602. The summed E-state index contributed by atoms with van der Waals surface area (Å²) in [6, 6.07) is 5.43. The van der Waals surface area contributed by atoms with Gasteiger partial charge in [-0.15, -0.1) is 0 Å². The molecule has 2 rings (SSSR count). The van der Waals surface area contributed by atoms with Gasteiger partial charge in [-0.05, 0) is 24.3 Å². The van der Waals surface area contributed by atoms with E-state index in [1.165, 1.54) is 24.3 Å². The molecule has 0 amide bonds. The summed E-state index contributed by atoms with van der Waals surface area (Å²) >= 11 is 32.8. The maximum absolute atomic E-state index is 10.8. The van der Waals surface area contributed by atoms with Crippen molar-refractivity contribution in [1.29, 1.82) is 0 Å². The molecule has 2 nitrogen and oxygen atoms in total. The molecule has 0 heterocycles. The third-order valence-corrected chi connectivity index (χ3v) is 3.49. The minimum Gasteiger partial charge on any atom is -1.00 e. The van der Waals surface area contributed by atoms with Crippen molar-refractivity contribution in [3.8, 4) is 11.5 Å². The van der Waals surface area contributed by atoms with Crippen molar-refractivity contribution in [1.82, 2.24) is 0 Å². The summed E-state index contributed by atoms with van der Waals surface area (Å²) in [6.07, 6.45) is 0. The van der Waals surface area contributed by atoms with Crippen LogP contribution in [0.25, 0.3) is 0 Å². The molecule has 116 valence electrons. The van der Waals surface area contributed by atoms with Gasteiger partial charge in [0.15, 0.2) is 0 Å². The van der Waals surface area contributed by atoms with E-state index in [-0.39, 0.29) is 61.4 Å². The second-order valence-corrected chi connectivity index (χ2v) is 5.90. The topological polar surface area (TPSA) is 46.1 Å². The molecule has 0 bridgehead atoms. The van der Waals surface area contributed by atoms with Crippen LogP contribution in [0.5, 0.6) is 11.5 Å². The van der Waals surface area contributed by atoms with Crippen molar-refractivity contribution < 1.29 is 22.6 Å². The zero-order chi connectivity index (χ0) is 15.4. The molecule has 0 saturated heterocycles. The van der Waals surface area contributed by atoms with Gasteiger partial charge in [0.2, 0.25) is 0 Å². The molecule has 2 aromatic rings. The molecule has 0 radical (unpaired) electrons. The van der Waals surface area contributed by atoms with Crippen molar-refractivity contribution >= 4 is 87.0 Å². The van der Waals surface area contributed by atoms with Crippen LogP contribution < -0.4 is 22.6 Å². The van der Waals surface area contributed by atoms with Crippen LogP contribution in [0.2, 0.25) is 30.1 Å². The minimum atomic E-state index is -0.382. The first-order valence-electron chi connectivity index (χ1n) is 4.85. The van der Waals surface area contributed by atoms with Gasteiger partial charge in [0.05, 0.1) is 0 Å². The Morgan fingerprint density at radius 3 is 0.909 bits per heavy atom. The predicted octanol–water partition coefficient (Wildman–Crippen LogP) is 2.06. The van der Waals surface area contributed by atoms with Crippen LogP contribution in [0.15, 0.2) is 24.3 Å². The van der Waals surface area contributed by atoms with Crippen molar-refractivity contribution in [2.45, 2.75) is 0 Å². The van der Waals surface area contributed by atoms with Gasteiger partial charge in [-0.3, -0.25) is 0 Å². The number of rotatable bonds is 0. The maximum Gasteiger partial charge on any atom is 3.00 e. The van der Waals surface area contributed by atoms with E-state index in [4.69, 9.17) is 69.6 Å². The van der Waals surface area contributed by atoms with Gasteiger partial charge >= 0.3 is 17.4 Å². The molecule has 0 unspecified atom stereocenters. The van der Waals surface area contributed by atoms with Crippen molar-refractivity contribution in [2.24, 2.45) is 0 Å². The van der Waals surface area contributed by atoms with Crippen molar-refractivity contribution in [2.75, 3.05) is 0 Å². The van der Waals surface area contributed by atoms with Gasteiger partial charge in [0.25, 0.3) is 0 Å². The Labute approximate surface area is 174 Å². The normalized spacial score (nSPS) is 9.00. The summed E-state index contributed by atoms with van der Waals surface area (Å²) in [5.74, 6) is -0.763. The fraction of sp³-hybridized carbons (Fsp3) is 0. The van der Waals surface area contributed by atoms with Gasteiger partial charge < -0.3 is 22.6 Å². The van der Waals surface area contributed by atoms with Gasteiger partial charge in [-0.2, -0.15) is 0 Å². The molecule has 0 saturated carbocycles. The van der Waals surface area contributed by atoms with Crippen LogP contribution in [0.1, 0.15) is 0 Å². The van der Waals surface area contributed by atoms with Gasteiger partial charge in [-0.25, -0.2) is 0 Å². The molecule has 0 atom stereocenters. The largest absolute Gasteiger partial charge is 3.00 e. The van der Waals surface area contributed by atoms with Crippen LogP contribution >= 0.6 is 69.6 Å². The molecule has 0 aliphatic rings. The average molecular weight is 455 g/mol. The van der Waals surface area contributed by atoms with E-state index < -0.39 is 0 Å². The molecular weight excluding hydrogens is 451 g/mol. The van der Waals surface area contributed by atoms with E-state index in [1.54, 1.807) is 0 Å². The fourth-order valence-electron chi connectivity index (χ4n) is 1.06. The molecule has 2 aromatic carbocycles. The van der Waals surface area contributed by atoms with Crippen LogP contribution in [-0.4, -0.2) is 17.4 Å². The molecule has 0 spiro atoms. The first kappa shape index (κ1) is 24.8. The third kappa shape index (κ3) is 7.45. The van der Waals surface area contributed by atoms with E-state index in [0.29, 0.717) is 10.0 Å². The molecular formula is C12H4AlCl7O2. The number of benzene rings is 2. The Kier molecular flexibility index (Phi) is 12.7. The van der Waals surface area contributed by atoms with Gasteiger partial charge in [0, 0.05) is 30.1 Å². The Morgan fingerprint density at radius 2 is 0.727 bits per heavy atom. The molecule has 22 heavy (non-hydrogen) atoms. The number of hydrogen-bond acceptors (Lipinski definition) is 2. The standard InChI is InChI=1S/2C6H3Cl3O.Al.ClH/c2*7-3-1-4(8)6(10)5(9)2-3;;/h2*1-2,10H;;1H/q;;+3;/p-3. The molecule has 0 N–H and O–H groups in total. The number of hydrogen-bond donors (Lipinski definition) is 0. The summed E-state index contributed by atoms with van der Waals surface area (Å²) < 4.78 is 0. The minimum absolute atomic E-state index is 0. The summed E-state index contributed by atoms with van der Waals surface area (Å²) in [4.78, 5) is 0. The Morgan fingerprint density at radius 1 is 0.545 bits per heavy atom. The quantitative estimate of drug-likeness (QED) is 0.572. The SMILES string of the molecule is [Al+3].[Cl-].[O-]c1c(Cl)cc(Cl)cc1Cl.[O-]c1c(Cl)cc(Cl)cc1Cl. The van der Waals surface area contributed by atoms with Crippen molar-refractivity contribution in [3.05, 3.63) is 54.4 Å². The molecule has 0 aliphatic carbocycles. The Balaban J connectivity index is 0. The monoisotopic (exact) mass is 452 g/mol. The van der Waals surface area contributed by atoms with E-state index in [0.717, 1.165) is 0 Å². The third-order valence-electron chi connectivity index (χ3n) is 1.93. The fourth-order valence-corrected chi connectivity index (χ4v) is 2.69. The first-order valence-corrected chi connectivity index (χ1v) is 7.12. The maximum atomic E-state index is 10.8. The first-order chi connectivity index (χ1) is 9.22. The summed E-state index contributed by atoms with van der Waals surface area (Å²) in [7, 11) is 0. The van der Waals surface area contributed by atoms with E-state index >= 15 is 0 Å². The summed E-state index contributed by atoms with van der Waals surface area (Å²) in [6.45, 7) is 0. The Bertz CT molecular complexity index is 535. The molecule has 10 heteroatoms. The van der Waals surface area contributed by atoms with Crippen LogP contribution in [0, 0.1) is 0 Å². The summed E-state index contributed by atoms with van der Waals surface area (Å²) in [5.41, 5.74) is 0. The average Bonchev–Trinajstić information content (AvgIpc) is 2.33. The molecule has 0 aliphatic heterocycles. The molecule has 0 aromatic heterocycles. The zero-order valence-corrected chi connectivity index (χ0v) is 16.8. The number of halogens is 7. The second kappa shape index (κ2) is 11.2. The summed E-state index contributed by atoms with van der Waals surface area (Å²) in [5, 5.41) is 22.5. The predicted molar refractivity (Wildman–Crippen MR) is 87.6 cm³/mol. The van der Waals surface area contributed by atoms with E-state index in [2.05, 4.69) is 0 Å². The van der Waals surface area contributed by atoms with Gasteiger partial charge in [-0.1, -0.05) is 81.1 Å². The van der Waals surface area contributed by atoms with Crippen LogP contribution in [0.4, 0.5) is 0 Å². The van der Waals surface area contributed by atoms with E-state index in [9.17, 15) is 10.2 Å².